The lowest BCUT2D eigenvalue weighted by molar-refractivity contribution is 0.165. The van der Waals surface area contributed by atoms with Gasteiger partial charge < -0.3 is 19.7 Å². The molecule has 0 aromatic heterocycles. The highest BCUT2D eigenvalue weighted by Crippen LogP contribution is 2.29. The Hall–Kier alpha value is -2.60. The average molecular weight is 318 g/mol. The Morgan fingerprint density at radius 1 is 1.22 bits per heavy atom. The minimum Gasteiger partial charge on any atom is -0.455 e. The van der Waals surface area contributed by atoms with E-state index in [9.17, 15) is 9.18 Å². The summed E-state index contributed by atoms with van der Waals surface area (Å²) in [6.45, 7) is 0.917. The van der Waals surface area contributed by atoms with Crippen molar-refractivity contribution in [2.24, 2.45) is 0 Å². The molecular formula is C17H19FN2O3. The van der Waals surface area contributed by atoms with Crippen molar-refractivity contribution in [1.82, 2.24) is 4.90 Å². The largest absolute Gasteiger partial charge is 0.455 e. The molecule has 2 aromatic rings. The van der Waals surface area contributed by atoms with Crippen molar-refractivity contribution in [3.63, 3.8) is 0 Å². The summed E-state index contributed by atoms with van der Waals surface area (Å²) in [7, 11) is 3.25. The van der Waals surface area contributed by atoms with E-state index in [4.69, 9.17) is 9.47 Å². The first-order valence-electron chi connectivity index (χ1n) is 7.13. The molecule has 0 atom stereocenters. The van der Waals surface area contributed by atoms with Crippen molar-refractivity contribution in [2.75, 3.05) is 32.6 Å². The average Bonchev–Trinajstić information content (AvgIpc) is 2.54. The van der Waals surface area contributed by atoms with E-state index in [1.807, 2.05) is 0 Å². The molecule has 23 heavy (non-hydrogen) atoms. The van der Waals surface area contributed by atoms with Gasteiger partial charge in [-0.2, -0.15) is 0 Å². The van der Waals surface area contributed by atoms with Gasteiger partial charge in [-0.1, -0.05) is 18.2 Å². The van der Waals surface area contributed by atoms with Crippen LogP contribution in [-0.2, 0) is 4.74 Å². The van der Waals surface area contributed by atoms with Crippen LogP contribution in [0.4, 0.5) is 14.9 Å². The molecule has 5 nitrogen and oxygen atoms in total. The van der Waals surface area contributed by atoms with Gasteiger partial charge in [0.15, 0.2) is 5.75 Å². The second-order valence-corrected chi connectivity index (χ2v) is 4.90. The summed E-state index contributed by atoms with van der Waals surface area (Å²) in [6, 6.07) is 12.5. The number of carbonyl (C=O) groups excluding carboxylic acids is 1. The fourth-order valence-corrected chi connectivity index (χ4v) is 1.86. The van der Waals surface area contributed by atoms with Crippen LogP contribution in [0.3, 0.4) is 0 Å². The van der Waals surface area contributed by atoms with E-state index < -0.39 is 0 Å². The van der Waals surface area contributed by atoms with Gasteiger partial charge in [-0.3, -0.25) is 0 Å². The van der Waals surface area contributed by atoms with Crippen LogP contribution in [0.5, 0.6) is 11.5 Å². The van der Waals surface area contributed by atoms with E-state index in [2.05, 4.69) is 5.32 Å². The molecule has 0 saturated heterocycles. The number of anilines is 1. The first kappa shape index (κ1) is 16.8. The van der Waals surface area contributed by atoms with Crippen LogP contribution >= 0.6 is 0 Å². The Bertz CT molecular complexity index is 664. The van der Waals surface area contributed by atoms with Crippen LogP contribution in [0.1, 0.15) is 0 Å². The summed E-state index contributed by atoms with van der Waals surface area (Å²) in [5, 5.41) is 2.77. The van der Waals surface area contributed by atoms with Crippen LogP contribution in [0, 0.1) is 5.82 Å². The molecule has 0 unspecified atom stereocenters. The normalized spacial score (nSPS) is 10.2. The maximum Gasteiger partial charge on any atom is 0.321 e. The van der Waals surface area contributed by atoms with E-state index >= 15 is 0 Å². The third-order valence-corrected chi connectivity index (χ3v) is 3.13. The minimum absolute atomic E-state index is 0.280. The van der Waals surface area contributed by atoms with E-state index in [0.717, 1.165) is 0 Å². The lowest BCUT2D eigenvalue weighted by Gasteiger charge is -2.19. The Labute approximate surface area is 134 Å². The maximum absolute atomic E-state index is 13.2. The number of hydrogen-bond donors (Lipinski definition) is 1. The fourth-order valence-electron chi connectivity index (χ4n) is 1.86. The van der Waals surface area contributed by atoms with Gasteiger partial charge in [0, 0.05) is 26.8 Å². The zero-order valence-electron chi connectivity index (χ0n) is 13.1. The van der Waals surface area contributed by atoms with Crippen LogP contribution in [0.2, 0.25) is 0 Å². The molecule has 1 N–H and O–H groups in total. The highest BCUT2D eigenvalue weighted by atomic mass is 19.1. The summed E-state index contributed by atoms with van der Waals surface area (Å²) in [6.07, 6.45) is 0. The smallest absolute Gasteiger partial charge is 0.321 e. The molecule has 0 radical (unpaired) electrons. The molecule has 0 aliphatic rings. The molecule has 6 heteroatoms. The molecule has 0 bridgehead atoms. The van der Waals surface area contributed by atoms with Crippen molar-refractivity contribution in [1.29, 1.82) is 0 Å². The quantitative estimate of drug-likeness (QED) is 0.883. The van der Waals surface area contributed by atoms with Gasteiger partial charge in [-0.05, 0) is 24.3 Å². The van der Waals surface area contributed by atoms with Crippen LogP contribution < -0.4 is 10.1 Å². The number of urea groups is 1. The first-order chi connectivity index (χ1) is 11.1. The van der Waals surface area contributed by atoms with Gasteiger partial charge in [-0.25, -0.2) is 9.18 Å². The van der Waals surface area contributed by atoms with Gasteiger partial charge in [0.1, 0.15) is 11.6 Å². The number of ether oxygens (including phenoxy) is 2. The number of benzene rings is 2. The molecule has 2 amide bonds. The summed E-state index contributed by atoms with van der Waals surface area (Å²) in [5.74, 6) is 0.411. The van der Waals surface area contributed by atoms with Gasteiger partial charge in [0.25, 0.3) is 0 Å². The zero-order chi connectivity index (χ0) is 16.7. The van der Waals surface area contributed by atoms with Crippen molar-refractivity contribution >= 4 is 11.7 Å². The zero-order valence-corrected chi connectivity index (χ0v) is 13.1. The fraction of sp³-hybridized carbons (Fsp3) is 0.235. The number of nitrogens with one attached hydrogen (secondary N) is 1. The number of methoxy groups -OCH3 is 1. The predicted octanol–water partition coefficient (Wildman–Crippen LogP) is 3.73. The highest BCUT2D eigenvalue weighted by molar-refractivity contribution is 5.90. The van der Waals surface area contributed by atoms with Gasteiger partial charge in [0.05, 0.1) is 12.3 Å². The van der Waals surface area contributed by atoms with E-state index in [1.165, 1.54) is 17.0 Å². The number of rotatable bonds is 6. The monoisotopic (exact) mass is 318 g/mol. The number of hydrogen-bond acceptors (Lipinski definition) is 3. The Kier molecular flexibility index (Phi) is 5.94. The van der Waals surface area contributed by atoms with E-state index in [1.54, 1.807) is 50.6 Å². The molecule has 122 valence electrons. The summed E-state index contributed by atoms with van der Waals surface area (Å²) in [5.41, 5.74) is 0.506. The molecule has 0 saturated carbocycles. The van der Waals surface area contributed by atoms with Crippen molar-refractivity contribution < 1.29 is 18.7 Å². The SMILES string of the molecule is COCCN(C)C(=O)Nc1ccccc1Oc1cccc(F)c1. The standard InChI is InChI=1S/C17H19FN2O3/c1-20(10-11-22-2)17(21)19-15-8-3-4-9-16(15)23-14-7-5-6-13(18)12-14/h3-9,12H,10-11H2,1-2H3,(H,19,21). The third-order valence-electron chi connectivity index (χ3n) is 3.13. The number of amides is 2. The van der Waals surface area contributed by atoms with Crippen molar-refractivity contribution in [3.05, 3.63) is 54.3 Å². The molecule has 0 fully saturated rings. The predicted molar refractivity (Wildman–Crippen MR) is 86.4 cm³/mol. The summed E-state index contributed by atoms with van der Waals surface area (Å²) >= 11 is 0. The summed E-state index contributed by atoms with van der Waals surface area (Å²) < 4.78 is 23.8. The second-order valence-electron chi connectivity index (χ2n) is 4.90. The highest BCUT2D eigenvalue weighted by Gasteiger charge is 2.12. The molecule has 2 aromatic carbocycles. The van der Waals surface area contributed by atoms with Crippen LogP contribution in [0.25, 0.3) is 0 Å². The summed E-state index contributed by atoms with van der Waals surface area (Å²) in [4.78, 5) is 13.6. The van der Waals surface area contributed by atoms with Crippen molar-refractivity contribution in [3.8, 4) is 11.5 Å². The van der Waals surface area contributed by atoms with E-state index in [-0.39, 0.29) is 11.8 Å². The topological polar surface area (TPSA) is 50.8 Å². The molecule has 0 aliphatic heterocycles. The Balaban J connectivity index is 2.09. The number of para-hydroxylation sites is 2. The van der Waals surface area contributed by atoms with Crippen LogP contribution in [0.15, 0.2) is 48.5 Å². The maximum atomic E-state index is 13.2. The lowest BCUT2D eigenvalue weighted by atomic mass is 10.3. The lowest BCUT2D eigenvalue weighted by Crippen LogP contribution is -2.33. The molecular weight excluding hydrogens is 299 g/mol. The number of likely N-dealkylation sites (N-methyl/N-ethyl adjacent to an activating group) is 1. The van der Waals surface area contributed by atoms with Gasteiger partial charge in [-0.15, -0.1) is 0 Å². The van der Waals surface area contributed by atoms with Gasteiger partial charge in [0.2, 0.25) is 0 Å². The van der Waals surface area contributed by atoms with Crippen LogP contribution in [-0.4, -0.2) is 38.2 Å². The second kappa shape index (κ2) is 8.14. The number of nitrogens with zero attached hydrogens (tertiary/aromatic N) is 1. The number of carbonyl (C=O) groups is 1. The molecule has 0 heterocycles. The first-order valence-corrected chi connectivity index (χ1v) is 7.13. The molecule has 0 spiro atoms. The molecule has 0 aliphatic carbocycles. The van der Waals surface area contributed by atoms with Gasteiger partial charge >= 0.3 is 6.03 Å². The minimum atomic E-state index is -0.386. The Morgan fingerprint density at radius 2 is 2.00 bits per heavy atom. The van der Waals surface area contributed by atoms with E-state index in [0.29, 0.717) is 30.3 Å². The third kappa shape index (κ3) is 4.96. The molecule has 2 rings (SSSR count). The number of halogens is 1. The Morgan fingerprint density at radius 3 is 2.74 bits per heavy atom. The van der Waals surface area contributed by atoms with Crippen molar-refractivity contribution in [2.45, 2.75) is 0 Å².